The molecule has 2 aliphatic heterocycles. The van der Waals surface area contributed by atoms with Gasteiger partial charge in [-0.05, 0) is 19.8 Å². The molecule has 0 spiro atoms. The summed E-state index contributed by atoms with van der Waals surface area (Å²) in [6.45, 7) is 7.85. The van der Waals surface area contributed by atoms with E-state index in [9.17, 15) is 14.7 Å². The summed E-state index contributed by atoms with van der Waals surface area (Å²) in [5, 5.41) is 10.2. The fraction of sp³-hybridized carbons (Fsp3) is 0.846. The average Bonchev–Trinajstić information content (AvgIpc) is 2.70. The molecule has 0 saturated carbocycles. The molecule has 0 radical (unpaired) electrons. The Hall–Kier alpha value is -0.910. The second kappa shape index (κ2) is 5.23. The molecule has 5 nitrogen and oxygen atoms in total. The summed E-state index contributed by atoms with van der Waals surface area (Å²) in [7, 11) is 0. The molecule has 1 N–H and O–H groups in total. The standard InChI is InChI=1S/C13H22N2O3S/c1-9-7-14(8-10(2)19-9)12(18)15-6-4-5-13(15,3)11(16)17/h9-10H,4-8H2,1-3H3,(H,16,17). The van der Waals surface area contributed by atoms with Gasteiger partial charge in [0.15, 0.2) is 0 Å². The SMILES string of the molecule is CC1CN(C(=O)N2CCCC2(C)C(=O)O)CC(C)S1. The van der Waals surface area contributed by atoms with Crippen LogP contribution in [0.4, 0.5) is 4.79 Å². The van der Waals surface area contributed by atoms with Gasteiger partial charge in [-0.3, -0.25) is 0 Å². The smallest absolute Gasteiger partial charge is 0.329 e. The van der Waals surface area contributed by atoms with Crippen molar-refractivity contribution in [3.05, 3.63) is 0 Å². The molecule has 2 saturated heterocycles. The molecule has 2 heterocycles. The van der Waals surface area contributed by atoms with Gasteiger partial charge in [-0.2, -0.15) is 11.8 Å². The van der Waals surface area contributed by atoms with Gasteiger partial charge in [0, 0.05) is 30.1 Å². The number of aliphatic carboxylic acids is 1. The molecule has 2 rings (SSSR count). The van der Waals surface area contributed by atoms with Gasteiger partial charge in [0.2, 0.25) is 0 Å². The highest BCUT2D eigenvalue weighted by Crippen LogP contribution is 2.32. The maximum absolute atomic E-state index is 12.6. The third-order valence-corrected chi connectivity index (χ3v) is 5.25. The summed E-state index contributed by atoms with van der Waals surface area (Å²) in [6.07, 6.45) is 1.31. The number of carboxylic acids is 1. The molecule has 6 heteroatoms. The first-order valence-electron chi connectivity index (χ1n) is 6.80. The summed E-state index contributed by atoms with van der Waals surface area (Å²) in [5.41, 5.74) is -1.03. The van der Waals surface area contributed by atoms with E-state index < -0.39 is 11.5 Å². The molecule has 108 valence electrons. The first kappa shape index (κ1) is 14.5. The van der Waals surface area contributed by atoms with E-state index in [-0.39, 0.29) is 6.03 Å². The van der Waals surface area contributed by atoms with Crippen molar-refractivity contribution in [1.29, 1.82) is 0 Å². The maximum Gasteiger partial charge on any atom is 0.329 e. The van der Waals surface area contributed by atoms with Crippen molar-refractivity contribution in [3.8, 4) is 0 Å². The van der Waals surface area contributed by atoms with Crippen LogP contribution in [0.5, 0.6) is 0 Å². The van der Waals surface area contributed by atoms with Gasteiger partial charge in [-0.25, -0.2) is 9.59 Å². The highest BCUT2D eigenvalue weighted by molar-refractivity contribution is 8.00. The van der Waals surface area contributed by atoms with E-state index in [0.717, 1.165) is 6.42 Å². The van der Waals surface area contributed by atoms with Gasteiger partial charge in [-0.15, -0.1) is 0 Å². The largest absolute Gasteiger partial charge is 0.480 e. The second-order valence-corrected chi connectivity index (χ2v) is 7.66. The number of rotatable bonds is 1. The average molecular weight is 286 g/mol. The van der Waals surface area contributed by atoms with E-state index in [1.807, 2.05) is 16.7 Å². The van der Waals surface area contributed by atoms with Crippen molar-refractivity contribution in [1.82, 2.24) is 9.80 Å². The van der Waals surface area contributed by atoms with Gasteiger partial charge < -0.3 is 14.9 Å². The van der Waals surface area contributed by atoms with Crippen LogP contribution in [0, 0.1) is 0 Å². The Kier molecular flexibility index (Phi) is 3.99. The van der Waals surface area contributed by atoms with Crippen LogP contribution in [0.15, 0.2) is 0 Å². The molecule has 0 aliphatic carbocycles. The van der Waals surface area contributed by atoms with Crippen LogP contribution in [0.25, 0.3) is 0 Å². The first-order valence-corrected chi connectivity index (χ1v) is 7.74. The van der Waals surface area contributed by atoms with E-state index in [1.54, 1.807) is 11.8 Å². The summed E-state index contributed by atoms with van der Waals surface area (Å²) in [4.78, 5) is 27.4. The van der Waals surface area contributed by atoms with Gasteiger partial charge in [-0.1, -0.05) is 13.8 Å². The Morgan fingerprint density at radius 3 is 2.37 bits per heavy atom. The number of hydrogen-bond donors (Lipinski definition) is 1. The van der Waals surface area contributed by atoms with E-state index in [1.165, 1.54) is 0 Å². The van der Waals surface area contributed by atoms with Crippen molar-refractivity contribution in [2.24, 2.45) is 0 Å². The number of urea groups is 1. The number of nitrogens with zero attached hydrogens (tertiary/aromatic N) is 2. The highest BCUT2D eigenvalue weighted by atomic mass is 32.2. The summed E-state index contributed by atoms with van der Waals surface area (Å²) < 4.78 is 0. The quantitative estimate of drug-likeness (QED) is 0.799. The van der Waals surface area contributed by atoms with Crippen LogP contribution in [0.2, 0.25) is 0 Å². The van der Waals surface area contributed by atoms with Crippen molar-refractivity contribution >= 4 is 23.8 Å². The fourth-order valence-electron chi connectivity index (χ4n) is 3.00. The third kappa shape index (κ3) is 2.68. The lowest BCUT2D eigenvalue weighted by atomic mass is 10.00. The van der Waals surface area contributed by atoms with Crippen LogP contribution >= 0.6 is 11.8 Å². The van der Waals surface area contributed by atoms with Crippen molar-refractivity contribution in [3.63, 3.8) is 0 Å². The molecular weight excluding hydrogens is 264 g/mol. The van der Waals surface area contributed by atoms with E-state index in [2.05, 4.69) is 13.8 Å². The summed E-state index contributed by atoms with van der Waals surface area (Å²) in [5.74, 6) is -0.897. The molecule has 2 amide bonds. The molecule has 0 aromatic rings. The Morgan fingerprint density at radius 2 is 1.84 bits per heavy atom. The zero-order chi connectivity index (χ0) is 14.2. The monoisotopic (exact) mass is 286 g/mol. The molecule has 0 aromatic carbocycles. The fourth-order valence-corrected chi connectivity index (χ4v) is 4.32. The lowest BCUT2D eigenvalue weighted by molar-refractivity contribution is -0.147. The maximum atomic E-state index is 12.6. The molecule has 3 atom stereocenters. The minimum absolute atomic E-state index is 0.110. The van der Waals surface area contributed by atoms with E-state index >= 15 is 0 Å². The predicted molar refractivity (Wildman–Crippen MR) is 75.5 cm³/mol. The van der Waals surface area contributed by atoms with E-state index in [4.69, 9.17) is 0 Å². The summed E-state index contributed by atoms with van der Waals surface area (Å²) >= 11 is 1.88. The molecule has 3 unspecified atom stereocenters. The number of carboxylic acid groups (broad SMARTS) is 1. The van der Waals surface area contributed by atoms with Crippen LogP contribution in [-0.4, -0.2) is 62.6 Å². The van der Waals surface area contributed by atoms with Crippen molar-refractivity contribution < 1.29 is 14.7 Å². The highest BCUT2D eigenvalue weighted by Gasteiger charge is 2.47. The summed E-state index contributed by atoms with van der Waals surface area (Å²) in [6, 6.07) is -0.110. The predicted octanol–water partition coefficient (Wildman–Crippen LogP) is 1.87. The third-order valence-electron chi connectivity index (χ3n) is 4.02. The molecule has 0 bridgehead atoms. The normalized spacial score (nSPS) is 35.5. The Bertz CT molecular complexity index is 380. The number of carbonyl (C=O) groups excluding carboxylic acids is 1. The Balaban J connectivity index is 2.13. The van der Waals surface area contributed by atoms with Crippen molar-refractivity contribution in [2.75, 3.05) is 19.6 Å². The second-order valence-electron chi connectivity index (χ2n) is 5.78. The minimum atomic E-state index is -1.03. The van der Waals surface area contributed by atoms with Gasteiger partial charge in [0.1, 0.15) is 5.54 Å². The number of carbonyl (C=O) groups is 2. The van der Waals surface area contributed by atoms with Crippen LogP contribution in [0.3, 0.4) is 0 Å². The molecule has 2 fully saturated rings. The Labute approximate surface area is 118 Å². The van der Waals surface area contributed by atoms with Crippen molar-refractivity contribution in [2.45, 2.75) is 49.7 Å². The lowest BCUT2D eigenvalue weighted by Gasteiger charge is -2.40. The topological polar surface area (TPSA) is 60.9 Å². The van der Waals surface area contributed by atoms with Gasteiger partial charge in [0.05, 0.1) is 0 Å². The zero-order valence-electron chi connectivity index (χ0n) is 11.8. The van der Waals surface area contributed by atoms with Gasteiger partial charge >= 0.3 is 12.0 Å². The number of likely N-dealkylation sites (tertiary alicyclic amines) is 1. The van der Waals surface area contributed by atoms with Gasteiger partial charge in [0.25, 0.3) is 0 Å². The van der Waals surface area contributed by atoms with Crippen LogP contribution in [-0.2, 0) is 4.79 Å². The van der Waals surface area contributed by atoms with E-state index in [0.29, 0.717) is 36.6 Å². The number of amides is 2. The first-order chi connectivity index (χ1) is 8.84. The van der Waals surface area contributed by atoms with Crippen LogP contribution < -0.4 is 0 Å². The minimum Gasteiger partial charge on any atom is -0.480 e. The zero-order valence-corrected chi connectivity index (χ0v) is 12.6. The molecule has 2 aliphatic rings. The number of hydrogen-bond acceptors (Lipinski definition) is 3. The van der Waals surface area contributed by atoms with Crippen LogP contribution in [0.1, 0.15) is 33.6 Å². The number of thioether (sulfide) groups is 1. The molecular formula is C13H22N2O3S. The Morgan fingerprint density at radius 1 is 1.26 bits per heavy atom. The molecule has 0 aromatic heterocycles. The molecule has 19 heavy (non-hydrogen) atoms. The lowest BCUT2D eigenvalue weighted by Crippen LogP contribution is -2.57.